The Morgan fingerprint density at radius 2 is 1.90 bits per heavy atom. The molecule has 2 aliphatic rings. The molecule has 21 heavy (non-hydrogen) atoms. The number of hydrogen-bond acceptors (Lipinski definition) is 1. The van der Waals surface area contributed by atoms with Crippen molar-refractivity contribution in [3.63, 3.8) is 0 Å². The molecule has 1 aromatic rings. The van der Waals surface area contributed by atoms with E-state index >= 15 is 0 Å². The van der Waals surface area contributed by atoms with Crippen molar-refractivity contribution in [2.24, 2.45) is 16.7 Å². The fourth-order valence-corrected chi connectivity index (χ4v) is 5.16. The smallest absolute Gasteiger partial charge is 0.0297 e. The molecule has 4 unspecified atom stereocenters. The zero-order chi connectivity index (χ0) is 15.4. The van der Waals surface area contributed by atoms with Crippen molar-refractivity contribution < 1.29 is 0 Å². The summed E-state index contributed by atoms with van der Waals surface area (Å²) in [7, 11) is 0. The molecule has 0 radical (unpaired) electrons. The van der Waals surface area contributed by atoms with Crippen LogP contribution in [0.4, 0.5) is 0 Å². The quantitative estimate of drug-likeness (QED) is 0.808. The molecule has 0 aromatic heterocycles. The summed E-state index contributed by atoms with van der Waals surface area (Å²) < 4.78 is 0. The summed E-state index contributed by atoms with van der Waals surface area (Å²) in [6.45, 7) is 14.3. The van der Waals surface area contributed by atoms with E-state index in [9.17, 15) is 0 Å². The van der Waals surface area contributed by atoms with Crippen LogP contribution in [-0.2, 0) is 0 Å². The summed E-state index contributed by atoms with van der Waals surface area (Å²) in [6, 6.07) is 7.97. The maximum atomic E-state index is 3.98. The van der Waals surface area contributed by atoms with Crippen LogP contribution in [0.1, 0.15) is 69.7 Å². The molecule has 4 atom stereocenters. The Bertz CT molecular complexity index is 545. The van der Waals surface area contributed by atoms with Gasteiger partial charge in [-0.1, -0.05) is 44.5 Å². The van der Waals surface area contributed by atoms with Gasteiger partial charge in [0.1, 0.15) is 0 Å². The highest BCUT2D eigenvalue weighted by molar-refractivity contribution is 5.32. The highest BCUT2D eigenvalue weighted by Crippen LogP contribution is 2.65. The Hall–Kier alpha value is -0.820. The predicted molar refractivity (Wildman–Crippen MR) is 90.5 cm³/mol. The average Bonchev–Trinajstić information content (AvgIpc) is 2.71. The van der Waals surface area contributed by atoms with E-state index < -0.39 is 0 Å². The van der Waals surface area contributed by atoms with Gasteiger partial charge in [-0.05, 0) is 67.9 Å². The minimum Gasteiger partial charge on any atom is -0.307 e. The molecule has 0 heterocycles. The first-order chi connectivity index (χ1) is 9.75. The Kier molecular flexibility index (Phi) is 3.48. The van der Waals surface area contributed by atoms with Gasteiger partial charge >= 0.3 is 0 Å². The second kappa shape index (κ2) is 4.84. The maximum absolute atomic E-state index is 3.98. The summed E-state index contributed by atoms with van der Waals surface area (Å²) in [4.78, 5) is 0. The molecule has 0 spiro atoms. The van der Waals surface area contributed by atoms with Gasteiger partial charge in [-0.25, -0.2) is 0 Å². The zero-order valence-corrected chi connectivity index (χ0v) is 14.6. The summed E-state index contributed by atoms with van der Waals surface area (Å²) in [5.74, 6) is 0.909. The van der Waals surface area contributed by atoms with Crippen molar-refractivity contribution in [1.29, 1.82) is 0 Å². The van der Waals surface area contributed by atoms with E-state index in [-0.39, 0.29) is 0 Å². The highest BCUT2D eigenvalue weighted by Gasteiger charge is 2.61. The topological polar surface area (TPSA) is 12.0 Å². The van der Waals surface area contributed by atoms with Gasteiger partial charge < -0.3 is 5.32 Å². The second-order valence-electron chi connectivity index (χ2n) is 8.41. The Labute approximate surface area is 130 Å². The molecule has 1 N–H and O–H groups in total. The molecule has 0 saturated heterocycles. The molecule has 116 valence electrons. The number of hydrogen-bond donors (Lipinski definition) is 1. The van der Waals surface area contributed by atoms with E-state index in [0.29, 0.717) is 22.9 Å². The van der Waals surface area contributed by atoms with Crippen LogP contribution in [0, 0.1) is 30.6 Å². The third kappa shape index (κ3) is 2.16. The number of fused-ring (bicyclic) bond motifs is 2. The van der Waals surface area contributed by atoms with Gasteiger partial charge in [-0.2, -0.15) is 0 Å². The van der Waals surface area contributed by atoms with Crippen LogP contribution in [0.2, 0.25) is 0 Å². The van der Waals surface area contributed by atoms with Crippen LogP contribution in [0.5, 0.6) is 0 Å². The van der Waals surface area contributed by atoms with Gasteiger partial charge in [0.25, 0.3) is 0 Å². The van der Waals surface area contributed by atoms with Crippen molar-refractivity contribution in [2.75, 3.05) is 0 Å². The van der Waals surface area contributed by atoms with Crippen molar-refractivity contribution >= 4 is 0 Å². The molecular weight excluding hydrogens is 254 g/mol. The second-order valence-corrected chi connectivity index (χ2v) is 8.41. The number of aryl methyl sites for hydroxylation is 2. The molecule has 1 aromatic carbocycles. The van der Waals surface area contributed by atoms with Gasteiger partial charge in [-0.15, -0.1) is 0 Å². The zero-order valence-electron chi connectivity index (χ0n) is 14.6. The van der Waals surface area contributed by atoms with Gasteiger partial charge in [0.2, 0.25) is 0 Å². The molecule has 1 nitrogen and oxygen atoms in total. The minimum atomic E-state index is 0.447. The number of rotatable bonds is 3. The lowest BCUT2D eigenvalue weighted by Gasteiger charge is -2.41. The third-order valence-corrected chi connectivity index (χ3v) is 7.14. The van der Waals surface area contributed by atoms with Crippen LogP contribution in [-0.4, -0.2) is 6.04 Å². The summed E-state index contributed by atoms with van der Waals surface area (Å²) >= 11 is 0. The fourth-order valence-electron chi connectivity index (χ4n) is 5.16. The fraction of sp³-hybridized carbons (Fsp3) is 0.700. The molecule has 2 aliphatic carbocycles. The largest absolute Gasteiger partial charge is 0.307 e. The first-order valence-electron chi connectivity index (χ1n) is 8.59. The van der Waals surface area contributed by atoms with Crippen molar-refractivity contribution in [2.45, 2.75) is 72.9 Å². The van der Waals surface area contributed by atoms with Crippen molar-refractivity contribution in [3.05, 3.63) is 34.9 Å². The summed E-state index contributed by atoms with van der Waals surface area (Å²) in [5.41, 5.74) is 5.20. The van der Waals surface area contributed by atoms with Crippen LogP contribution >= 0.6 is 0 Å². The maximum Gasteiger partial charge on any atom is 0.0297 e. The molecule has 0 aliphatic heterocycles. The lowest BCUT2D eigenvalue weighted by Crippen LogP contribution is -2.45. The van der Waals surface area contributed by atoms with E-state index in [1.807, 2.05) is 0 Å². The monoisotopic (exact) mass is 285 g/mol. The standard InChI is InChI=1S/C20H31N/c1-13-7-8-17(14(2)11-13)15(3)21-18-12-16-9-10-20(18,6)19(16,4)5/h7-8,11,15-16,18,21H,9-10,12H2,1-6H3. The summed E-state index contributed by atoms with van der Waals surface area (Å²) in [6.07, 6.45) is 4.18. The Morgan fingerprint density at radius 1 is 1.19 bits per heavy atom. The van der Waals surface area contributed by atoms with Crippen LogP contribution in [0.25, 0.3) is 0 Å². The first-order valence-corrected chi connectivity index (χ1v) is 8.59. The number of nitrogens with one attached hydrogen (secondary N) is 1. The van der Waals surface area contributed by atoms with E-state index in [1.165, 1.54) is 36.0 Å². The lowest BCUT2D eigenvalue weighted by atomic mass is 9.69. The van der Waals surface area contributed by atoms with E-state index in [2.05, 4.69) is 65.1 Å². The Morgan fingerprint density at radius 3 is 2.43 bits per heavy atom. The summed E-state index contributed by atoms with van der Waals surface area (Å²) in [5, 5.41) is 3.98. The van der Waals surface area contributed by atoms with Crippen LogP contribution in [0.3, 0.4) is 0 Å². The van der Waals surface area contributed by atoms with Gasteiger partial charge in [-0.3, -0.25) is 0 Å². The van der Waals surface area contributed by atoms with E-state index in [4.69, 9.17) is 0 Å². The van der Waals surface area contributed by atoms with Gasteiger partial charge in [0.05, 0.1) is 0 Å². The lowest BCUT2D eigenvalue weighted by molar-refractivity contribution is 0.116. The first kappa shape index (κ1) is 15.1. The van der Waals surface area contributed by atoms with Crippen LogP contribution < -0.4 is 5.32 Å². The molecule has 0 amide bonds. The van der Waals surface area contributed by atoms with Crippen molar-refractivity contribution in [3.8, 4) is 0 Å². The molecule has 2 fully saturated rings. The molecule has 3 rings (SSSR count). The van der Waals surface area contributed by atoms with E-state index in [1.54, 1.807) is 0 Å². The van der Waals surface area contributed by atoms with Crippen LogP contribution in [0.15, 0.2) is 18.2 Å². The Balaban J connectivity index is 1.79. The molecule has 2 bridgehead atoms. The van der Waals surface area contributed by atoms with E-state index in [0.717, 1.165) is 5.92 Å². The molecule has 2 saturated carbocycles. The molecule has 1 heteroatoms. The minimum absolute atomic E-state index is 0.447. The number of benzene rings is 1. The van der Waals surface area contributed by atoms with Gasteiger partial charge in [0, 0.05) is 12.1 Å². The third-order valence-electron chi connectivity index (χ3n) is 7.14. The predicted octanol–water partition coefficient (Wildman–Crippen LogP) is 5.17. The SMILES string of the molecule is Cc1ccc(C(C)NC2CC3CCC2(C)C3(C)C)c(C)c1. The average molecular weight is 285 g/mol. The normalized spacial score (nSPS) is 35.1. The van der Waals surface area contributed by atoms with Gasteiger partial charge in [0.15, 0.2) is 0 Å². The highest BCUT2D eigenvalue weighted by atomic mass is 15.0. The van der Waals surface area contributed by atoms with Crippen molar-refractivity contribution in [1.82, 2.24) is 5.32 Å². The molecular formula is C20H31N.